The molecule has 0 aliphatic carbocycles. The molecule has 2 aromatic rings. The molecule has 1 saturated heterocycles. The summed E-state index contributed by atoms with van der Waals surface area (Å²) in [5.41, 5.74) is 0.607. The van der Waals surface area contributed by atoms with E-state index in [0.717, 1.165) is 25.9 Å². The molecule has 6 heteroatoms. The Morgan fingerprint density at radius 1 is 1.12 bits per heavy atom. The lowest BCUT2D eigenvalue weighted by molar-refractivity contribution is 0.213. The van der Waals surface area contributed by atoms with Crippen LogP contribution in [0.25, 0.3) is 0 Å². The van der Waals surface area contributed by atoms with E-state index in [1.807, 2.05) is 4.90 Å². The zero-order valence-electron chi connectivity index (χ0n) is 13.4. The third-order valence-corrected chi connectivity index (χ3v) is 3.90. The smallest absolute Gasteiger partial charge is 0.321 e. The summed E-state index contributed by atoms with van der Waals surface area (Å²) >= 11 is 0. The summed E-state index contributed by atoms with van der Waals surface area (Å²) < 4.78 is 18.6. The molecule has 1 aliphatic rings. The lowest BCUT2D eigenvalue weighted by Gasteiger charge is -2.20. The first-order chi connectivity index (χ1) is 11.7. The molecule has 0 unspecified atom stereocenters. The Bertz CT molecular complexity index is 683. The number of hydrogen-bond donors (Lipinski definition) is 1. The van der Waals surface area contributed by atoms with E-state index in [-0.39, 0.29) is 11.8 Å². The number of amides is 2. The zero-order chi connectivity index (χ0) is 16.8. The van der Waals surface area contributed by atoms with Gasteiger partial charge in [-0.1, -0.05) is 18.9 Å². The largest absolute Gasteiger partial charge is 0.439 e. The summed E-state index contributed by atoms with van der Waals surface area (Å²) in [6.45, 7) is 1.58. The lowest BCUT2D eigenvalue weighted by atomic mass is 10.2. The monoisotopic (exact) mass is 329 g/mol. The minimum atomic E-state index is -0.367. The van der Waals surface area contributed by atoms with E-state index in [0.29, 0.717) is 17.3 Å². The molecule has 1 aromatic heterocycles. The Labute approximate surface area is 140 Å². The van der Waals surface area contributed by atoms with E-state index >= 15 is 0 Å². The SMILES string of the molecule is O=C(Nc1ccc(Oc2cccc(F)c2)nc1)N1CCCCCC1. The first-order valence-electron chi connectivity index (χ1n) is 8.16. The number of carbonyl (C=O) groups is 1. The highest BCUT2D eigenvalue weighted by Gasteiger charge is 2.15. The van der Waals surface area contributed by atoms with Gasteiger partial charge in [-0.05, 0) is 31.0 Å². The molecule has 126 valence electrons. The third kappa shape index (κ3) is 4.44. The molecule has 0 saturated carbocycles. The van der Waals surface area contributed by atoms with Crippen LogP contribution in [0.15, 0.2) is 42.6 Å². The number of benzene rings is 1. The van der Waals surface area contributed by atoms with E-state index in [1.165, 1.54) is 31.2 Å². The van der Waals surface area contributed by atoms with E-state index in [2.05, 4.69) is 10.3 Å². The van der Waals surface area contributed by atoms with Crippen molar-refractivity contribution in [3.8, 4) is 11.6 Å². The van der Waals surface area contributed by atoms with Crippen LogP contribution in [0.4, 0.5) is 14.9 Å². The first kappa shape index (κ1) is 16.2. The second-order valence-electron chi connectivity index (χ2n) is 5.78. The maximum Gasteiger partial charge on any atom is 0.321 e. The standard InChI is InChI=1S/C18H20FN3O2/c19-14-6-5-7-16(12-14)24-17-9-8-15(13-20-17)21-18(23)22-10-3-1-2-4-11-22/h5-9,12-13H,1-4,10-11H2,(H,21,23). The number of pyridine rings is 1. The van der Waals surface area contributed by atoms with Crippen molar-refractivity contribution in [3.05, 3.63) is 48.4 Å². The van der Waals surface area contributed by atoms with Gasteiger partial charge in [0.25, 0.3) is 0 Å². The molecule has 0 bridgehead atoms. The van der Waals surface area contributed by atoms with Gasteiger partial charge in [-0.15, -0.1) is 0 Å². The van der Waals surface area contributed by atoms with E-state index in [4.69, 9.17) is 4.74 Å². The molecule has 0 atom stereocenters. The van der Waals surface area contributed by atoms with Crippen LogP contribution >= 0.6 is 0 Å². The number of likely N-dealkylation sites (tertiary alicyclic amines) is 1. The van der Waals surface area contributed by atoms with Gasteiger partial charge in [-0.2, -0.15) is 0 Å². The van der Waals surface area contributed by atoms with E-state index < -0.39 is 0 Å². The molecule has 1 fully saturated rings. The van der Waals surface area contributed by atoms with Crippen LogP contribution in [0.1, 0.15) is 25.7 Å². The van der Waals surface area contributed by atoms with Gasteiger partial charge in [-0.3, -0.25) is 0 Å². The van der Waals surface area contributed by atoms with Gasteiger partial charge in [0.05, 0.1) is 11.9 Å². The van der Waals surface area contributed by atoms with Crippen LogP contribution in [0, 0.1) is 5.82 Å². The first-order valence-corrected chi connectivity index (χ1v) is 8.16. The summed E-state index contributed by atoms with van der Waals surface area (Å²) in [7, 11) is 0. The number of aromatic nitrogens is 1. The normalized spacial score (nSPS) is 14.8. The molecular weight excluding hydrogens is 309 g/mol. The number of anilines is 1. The molecule has 0 spiro atoms. The van der Waals surface area contributed by atoms with E-state index in [9.17, 15) is 9.18 Å². The number of nitrogens with zero attached hydrogens (tertiary/aromatic N) is 2. The number of halogens is 1. The summed E-state index contributed by atoms with van der Waals surface area (Å²) in [5, 5.41) is 2.85. The summed E-state index contributed by atoms with van der Waals surface area (Å²) in [6, 6.07) is 9.12. The highest BCUT2D eigenvalue weighted by molar-refractivity contribution is 5.89. The Kier molecular flexibility index (Phi) is 5.25. The molecule has 24 heavy (non-hydrogen) atoms. The molecule has 1 aromatic carbocycles. The number of ether oxygens (including phenoxy) is 1. The van der Waals surface area contributed by atoms with Gasteiger partial charge in [0, 0.05) is 25.2 Å². The van der Waals surface area contributed by atoms with Crippen LogP contribution in [-0.4, -0.2) is 29.0 Å². The molecule has 0 radical (unpaired) electrons. The summed E-state index contributed by atoms with van der Waals surface area (Å²) in [5.74, 6) is 0.353. The van der Waals surface area contributed by atoms with Crippen molar-refractivity contribution in [2.45, 2.75) is 25.7 Å². The average molecular weight is 329 g/mol. The molecule has 2 heterocycles. The molecule has 5 nitrogen and oxygen atoms in total. The molecule has 1 N–H and O–H groups in total. The van der Waals surface area contributed by atoms with Crippen molar-refractivity contribution < 1.29 is 13.9 Å². The van der Waals surface area contributed by atoms with Gasteiger partial charge in [0.1, 0.15) is 11.6 Å². The number of carbonyl (C=O) groups excluding carboxylic acids is 1. The van der Waals surface area contributed by atoms with Crippen LogP contribution in [0.2, 0.25) is 0 Å². The van der Waals surface area contributed by atoms with Crippen molar-refractivity contribution in [2.24, 2.45) is 0 Å². The maximum atomic E-state index is 13.1. The van der Waals surface area contributed by atoms with Crippen molar-refractivity contribution in [1.29, 1.82) is 0 Å². The number of urea groups is 1. The zero-order valence-corrected chi connectivity index (χ0v) is 13.4. The lowest BCUT2D eigenvalue weighted by Crippen LogP contribution is -2.35. The average Bonchev–Trinajstić information content (AvgIpc) is 2.86. The van der Waals surface area contributed by atoms with Crippen molar-refractivity contribution in [2.75, 3.05) is 18.4 Å². The fourth-order valence-corrected chi connectivity index (χ4v) is 2.64. The van der Waals surface area contributed by atoms with Gasteiger partial charge in [0.15, 0.2) is 0 Å². The topological polar surface area (TPSA) is 54.5 Å². The Hall–Kier alpha value is -2.63. The predicted molar refractivity (Wildman–Crippen MR) is 89.8 cm³/mol. The molecule has 1 aliphatic heterocycles. The predicted octanol–water partition coefficient (Wildman–Crippen LogP) is 4.42. The quantitative estimate of drug-likeness (QED) is 0.907. The minimum Gasteiger partial charge on any atom is -0.439 e. The van der Waals surface area contributed by atoms with Gasteiger partial charge in [-0.25, -0.2) is 14.2 Å². The van der Waals surface area contributed by atoms with Crippen LogP contribution in [0.5, 0.6) is 11.6 Å². The van der Waals surface area contributed by atoms with Crippen LogP contribution < -0.4 is 10.1 Å². The minimum absolute atomic E-state index is 0.0995. The maximum absolute atomic E-state index is 13.1. The van der Waals surface area contributed by atoms with Gasteiger partial charge >= 0.3 is 6.03 Å². The van der Waals surface area contributed by atoms with Crippen LogP contribution in [-0.2, 0) is 0 Å². The number of hydrogen-bond acceptors (Lipinski definition) is 3. The summed E-state index contributed by atoms with van der Waals surface area (Å²) in [4.78, 5) is 18.2. The molecular formula is C18H20FN3O2. The second-order valence-corrected chi connectivity index (χ2v) is 5.78. The van der Waals surface area contributed by atoms with Crippen molar-refractivity contribution in [3.63, 3.8) is 0 Å². The van der Waals surface area contributed by atoms with Gasteiger partial charge in [0.2, 0.25) is 5.88 Å². The van der Waals surface area contributed by atoms with Crippen LogP contribution in [0.3, 0.4) is 0 Å². The Morgan fingerprint density at radius 3 is 2.58 bits per heavy atom. The number of nitrogens with one attached hydrogen (secondary N) is 1. The highest BCUT2D eigenvalue weighted by atomic mass is 19.1. The third-order valence-electron chi connectivity index (χ3n) is 3.90. The van der Waals surface area contributed by atoms with Gasteiger partial charge < -0.3 is 15.0 Å². The Balaban J connectivity index is 1.58. The highest BCUT2D eigenvalue weighted by Crippen LogP contribution is 2.21. The fraction of sp³-hybridized carbons (Fsp3) is 0.333. The second kappa shape index (κ2) is 7.77. The van der Waals surface area contributed by atoms with Crippen molar-refractivity contribution >= 4 is 11.7 Å². The van der Waals surface area contributed by atoms with Crippen molar-refractivity contribution in [1.82, 2.24) is 9.88 Å². The Morgan fingerprint density at radius 2 is 1.92 bits per heavy atom. The van der Waals surface area contributed by atoms with E-state index in [1.54, 1.807) is 24.3 Å². The molecule has 2 amide bonds. The fourth-order valence-electron chi connectivity index (χ4n) is 2.64. The summed E-state index contributed by atoms with van der Waals surface area (Å²) in [6.07, 6.45) is 5.98. The number of rotatable bonds is 3. The molecule has 3 rings (SSSR count).